The van der Waals surface area contributed by atoms with Gasteiger partial charge in [-0.1, -0.05) is 53.7 Å². The summed E-state index contributed by atoms with van der Waals surface area (Å²) in [5.41, 5.74) is 4.43. The summed E-state index contributed by atoms with van der Waals surface area (Å²) in [5.74, 6) is 0.922. The smallest absolute Gasteiger partial charge is 0.138 e. The lowest BCUT2D eigenvalue weighted by molar-refractivity contribution is 1.32. The molecule has 1 heterocycles. The average molecular weight is 316 g/mol. The number of hydrogen-bond acceptors (Lipinski definition) is 2. The van der Waals surface area contributed by atoms with E-state index in [1.807, 2.05) is 6.07 Å². The molecule has 0 atom stereocenters. The van der Waals surface area contributed by atoms with Gasteiger partial charge in [0.25, 0.3) is 0 Å². The van der Waals surface area contributed by atoms with Gasteiger partial charge in [0.15, 0.2) is 0 Å². The molecule has 4 aromatic rings. The first kappa shape index (κ1) is 14.1. The first-order valence-corrected chi connectivity index (χ1v) is 8.39. The summed E-state index contributed by atoms with van der Waals surface area (Å²) in [4.78, 5) is 10.6. The number of H-pyrrole nitrogens is 1. The number of rotatable bonds is 3. The van der Waals surface area contributed by atoms with Gasteiger partial charge < -0.3 is 4.98 Å². The zero-order valence-corrected chi connectivity index (χ0v) is 13.6. The second-order valence-corrected chi connectivity index (χ2v) is 6.70. The van der Waals surface area contributed by atoms with Crippen molar-refractivity contribution in [2.24, 2.45) is 0 Å². The highest BCUT2D eigenvalue weighted by Crippen LogP contribution is 2.30. The van der Waals surface area contributed by atoms with Crippen LogP contribution in [0.1, 0.15) is 5.56 Å². The summed E-state index contributed by atoms with van der Waals surface area (Å²) in [6, 6.07) is 25.2. The summed E-state index contributed by atoms with van der Waals surface area (Å²) in [6.45, 7) is 2.10. The minimum absolute atomic E-state index is 0.922. The molecule has 0 amide bonds. The van der Waals surface area contributed by atoms with E-state index in [9.17, 15) is 0 Å². The fourth-order valence-electron chi connectivity index (χ4n) is 2.61. The van der Waals surface area contributed by atoms with Crippen LogP contribution in [0.15, 0.2) is 82.6 Å². The molecule has 23 heavy (non-hydrogen) atoms. The van der Waals surface area contributed by atoms with Crippen molar-refractivity contribution < 1.29 is 0 Å². The van der Waals surface area contributed by atoms with Gasteiger partial charge in [0.1, 0.15) is 5.82 Å². The Morgan fingerprint density at radius 1 is 0.826 bits per heavy atom. The van der Waals surface area contributed by atoms with E-state index in [1.54, 1.807) is 11.8 Å². The summed E-state index contributed by atoms with van der Waals surface area (Å²) in [5, 5.41) is 0. The Bertz CT molecular complexity index is 958. The highest BCUT2D eigenvalue weighted by molar-refractivity contribution is 7.99. The van der Waals surface area contributed by atoms with Crippen molar-refractivity contribution in [1.29, 1.82) is 0 Å². The van der Waals surface area contributed by atoms with Crippen LogP contribution in [-0.4, -0.2) is 9.97 Å². The highest BCUT2D eigenvalue weighted by atomic mass is 32.2. The second kappa shape index (κ2) is 5.94. The molecule has 1 N–H and O–H groups in total. The second-order valence-electron chi connectivity index (χ2n) is 5.55. The van der Waals surface area contributed by atoms with Crippen molar-refractivity contribution in [1.82, 2.24) is 9.97 Å². The van der Waals surface area contributed by atoms with Gasteiger partial charge in [0.05, 0.1) is 11.0 Å². The molecular formula is C20H16N2S. The van der Waals surface area contributed by atoms with Crippen molar-refractivity contribution in [2.45, 2.75) is 16.7 Å². The molecule has 0 aliphatic rings. The number of benzene rings is 3. The highest BCUT2D eigenvalue weighted by Gasteiger charge is 2.07. The third-order valence-corrected chi connectivity index (χ3v) is 4.72. The average Bonchev–Trinajstić information content (AvgIpc) is 2.99. The largest absolute Gasteiger partial charge is 0.338 e. The van der Waals surface area contributed by atoms with Gasteiger partial charge in [-0.2, -0.15) is 0 Å². The Labute approximate surface area is 139 Å². The van der Waals surface area contributed by atoms with Crippen LogP contribution in [0.25, 0.3) is 22.4 Å². The molecule has 0 aliphatic heterocycles. The topological polar surface area (TPSA) is 28.7 Å². The Morgan fingerprint density at radius 2 is 1.70 bits per heavy atom. The number of fused-ring (bicyclic) bond motifs is 1. The van der Waals surface area contributed by atoms with Crippen LogP contribution >= 0.6 is 11.8 Å². The molecule has 0 spiro atoms. The lowest BCUT2D eigenvalue weighted by Crippen LogP contribution is -1.80. The predicted octanol–water partition coefficient (Wildman–Crippen LogP) is 5.69. The Balaban J connectivity index is 1.69. The molecule has 0 bridgehead atoms. The Morgan fingerprint density at radius 3 is 2.52 bits per heavy atom. The number of nitrogens with zero attached hydrogens (tertiary/aromatic N) is 1. The SMILES string of the molecule is Cc1cccc(-c2nc3ccc(Sc4ccccc4)cc3[nH]2)c1. The predicted molar refractivity (Wildman–Crippen MR) is 96.8 cm³/mol. The van der Waals surface area contributed by atoms with Crippen molar-refractivity contribution in [3.63, 3.8) is 0 Å². The van der Waals surface area contributed by atoms with E-state index < -0.39 is 0 Å². The van der Waals surface area contributed by atoms with Crippen molar-refractivity contribution in [2.75, 3.05) is 0 Å². The van der Waals surface area contributed by atoms with Crippen molar-refractivity contribution >= 4 is 22.8 Å². The van der Waals surface area contributed by atoms with E-state index in [-0.39, 0.29) is 0 Å². The lowest BCUT2D eigenvalue weighted by atomic mass is 10.1. The molecule has 112 valence electrons. The molecule has 3 aromatic carbocycles. The summed E-state index contributed by atoms with van der Waals surface area (Å²) in [6.07, 6.45) is 0. The maximum Gasteiger partial charge on any atom is 0.138 e. The number of imidazole rings is 1. The van der Waals surface area contributed by atoms with Crippen LogP contribution in [0, 0.1) is 6.92 Å². The van der Waals surface area contributed by atoms with Crippen molar-refractivity contribution in [3.8, 4) is 11.4 Å². The molecule has 3 heteroatoms. The molecule has 0 radical (unpaired) electrons. The van der Waals surface area contributed by atoms with E-state index in [0.717, 1.165) is 22.4 Å². The van der Waals surface area contributed by atoms with E-state index in [1.165, 1.54) is 15.4 Å². The number of hydrogen-bond donors (Lipinski definition) is 1. The number of aromatic nitrogens is 2. The number of nitrogens with one attached hydrogen (secondary N) is 1. The number of aryl methyl sites for hydroxylation is 1. The zero-order chi connectivity index (χ0) is 15.6. The summed E-state index contributed by atoms with van der Waals surface area (Å²) in [7, 11) is 0. The van der Waals surface area contributed by atoms with Crippen LogP contribution in [0.2, 0.25) is 0 Å². The molecule has 0 saturated carbocycles. The molecule has 0 aliphatic carbocycles. The monoisotopic (exact) mass is 316 g/mol. The number of aromatic amines is 1. The first-order valence-electron chi connectivity index (χ1n) is 7.58. The quantitative estimate of drug-likeness (QED) is 0.526. The van der Waals surface area contributed by atoms with Gasteiger partial charge >= 0.3 is 0 Å². The van der Waals surface area contributed by atoms with E-state index >= 15 is 0 Å². The molecular weight excluding hydrogens is 300 g/mol. The third kappa shape index (κ3) is 3.01. The standard InChI is InChI=1S/C20H16N2S/c1-14-6-5-7-15(12-14)20-21-18-11-10-17(13-19(18)22-20)23-16-8-3-2-4-9-16/h2-13H,1H3,(H,21,22). The lowest BCUT2D eigenvalue weighted by Gasteiger charge is -2.00. The van der Waals surface area contributed by atoms with Gasteiger partial charge in [0.2, 0.25) is 0 Å². The van der Waals surface area contributed by atoms with Gasteiger partial charge in [0, 0.05) is 15.4 Å². The van der Waals surface area contributed by atoms with E-state index in [0.29, 0.717) is 0 Å². The summed E-state index contributed by atoms with van der Waals surface area (Å²) < 4.78 is 0. The van der Waals surface area contributed by atoms with Crippen molar-refractivity contribution in [3.05, 3.63) is 78.4 Å². The normalized spacial score (nSPS) is 11.0. The molecule has 1 aromatic heterocycles. The summed E-state index contributed by atoms with van der Waals surface area (Å²) >= 11 is 1.76. The minimum atomic E-state index is 0.922. The Hall–Kier alpha value is -2.52. The first-order chi connectivity index (χ1) is 11.3. The fraction of sp³-hybridized carbons (Fsp3) is 0.0500. The van der Waals surface area contributed by atoms with Crippen LogP contribution < -0.4 is 0 Å². The zero-order valence-electron chi connectivity index (χ0n) is 12.8. The molecule has 4 rings (SSSR count). The molecule has 0 unspecified atom stereocenters. The van der Waals surface area contributed by atoms with Gasteiger partial charge in [-0.25, -0.2) is 4.98 Å². The van der Waals surface area contributed by atoms with Crippen LogP contribution in [0.3, 0.4) is 0 Å². The van der Waals surface area contributed by atoms with Gasteiger partial charge in [-0.15, -0.1) is 0 Å². The van der Waals surface area contributed by atoms with Gasteiger partial charge in [-0.05, 0) is 43.3 Å². The Kier molecular flexibility index (Phi) is 3.64. The minimum Gasteiger partial charge on any atom is -0.338 e. The van der Waals surface area contributed by atoms with Crippen LogP contribution in [-0.2, 0) is 0 Å². The fourth-order valence-corrected chi connectivity index (χ4v) is 3.48. The maximum absolute atomic E-state index is 4.71. The molecule has 0 saturated heterocycles. The van der Waals surface area contributed by atoms with Crippen LogP contribution in [0.4, 0.5) is 0 Å². The maximum atomic E-state index is 4.71. The van der Waals surface area contributed by atoms with Crippen LogP contribution in [0.5, 0.6) is 0 Å². The molecule has 2 nitrogen and oxygen atoms in total. The van der Waals surface area contributed by atoms with E-state index in [4.69, 9.17) is 4.98 Å². The van der Waals surface area contributed by atoms with E-state index in [2.05, 4.69) is 78.6 Å². The molecule has 0 fully saturated rings. The third-order valence-electron chi connectivity index (χ3n) is 3.72. The van der Waals surface area contributed by atoms with Gasteiger partial charge in [-0.3, -0.25) is 0 Å².